The third-order valence-corrected chi connectivity index (χ3v) is 7.33. The van der Waals surface area contributed by atoms with Crippen LogP contribution in [0.3, 0.4) is 0 Å². The summed E-state index contributed by atoms with van der Waals surface area (Å²) in [7, 11) is 0. The van der Waals surface area contributed by atoms with Crippen molar-refractivity contribution in [3.8, 4) is 11.1 Å². The van der Waals surface area contributed by atoms with Gasteiger partial charge in [0, 0.05) is 16.0 Å². The first-order valence-corrected chi connectivity index (χ1v) is 11.8. The van der Waals surface area contributed by atoms with Crippen LogP contribution < -0.4 is 5.32 Å². The average molecular weight is 474 g/mol. The number of rotatable bonds is 6. The lowest BCUT2D eigenvalue weighted by atomic mass is 10.1. The van der Waals surface area contributed by atoms with Crippen LogP contribution >= 0.6 is 46.3 Å². The third-order valence-electron chi connectivity index (χ3n) is 4.53. The van der Waals surface area contributed by atoms with Gasteiger partial charge in [0.25, 0.3) is 0 Å². The number of benzene rings is 2. The average Bonchev–Trinajstić information content (AvgIpc) is 3.19. The Bertz CT molecular complexity index is 1200. The first kappa shape index (κ1) is 21.1. The topological polar surface area (TPSA) is 54.9 Å². The number of nitrogens with one attached hydrogen (secondary N) is 1. The first-order valence-electron chi connectivity index (χ1n) is 9.27. The van der Waals surface area contributed by atoms with Gasteiger partial charge < -0.3 is 5.32 Å². The lowest BCUT2D eigenvalue weighted by Crippen LogP contribution is -2.24. The number of aromatic nitrogens is 2. The number of thioether (sulfide) groups is 1. The zero-order valence-electron chi connectivity index (χ0n) is 15.9. The predicted octanol–water partition coefficient (Wildman–Crippen LogP) is 7.17. The number of hydrogen-bond acceptors (Lipinski definition) is 5. The number of halogens is 2. The highest BCUT2D eigenvalue weighted by molar-refractivity contribution is 8.00. The van der Waals surface area contributed by atoms with E-state index in [4.69, 9.17) is 23.2 Å². The number of anilines is 1. The molecule has 0 saturated carbocycles. The van der Waals surface area contributed by atoms with Crippen molar-refractivity contribution in [3.63, 3.8) is 0 Å². The summed E-state index contributed by atoms with van der Waals surface area (Å²) in [6.45, 7) is 1.98. The summed E-state index contributed by atoms with van der Waals surface area (Å²) in [5.41, 5.74) is 2.72. The van der Waals surface area contributed by atoms with Gasteiger partial charge in [0.15, 0.2) is 0 Å². The minimum atomic E-state index is -0.335. The predicted molar refractivity (Wildman–Crippen MR) is 128 cm³/mol. The molecule has 0 bridgehead atoms. The van der Waals surface area contributed by atoms with Crippen LogP contribution in [0.25, 0.3) is 21.3 Å². The van der Waals surface area contributed by atoms with Crippen LogP contribution in [-0.2, 0) is 4.79 Å². The van der Waals surface area contributed by atoms with E-state index in [1.807, 2.05) is 25.1 Å². The Balaban J connectivity index is 1.63. The van der Waals surface area contributed by atoms with Crippen LogP contribution in [-0.4, -0.2) is 21.1 Å². The molecular weight excluding hydrogens is 457 g/mol. The summed E-state index contributed by atoms with van der Waals surface area (Å²) in [5, 5.41) is 7.37. The fraction of sp³-hybridized carbons (Fsp3) is 0.136. The van der Waals surface area contributed by atoms with Crippen LogP contribution in [0, 0.1) is 0 Å². The van der Waals surface area contributed by atoms with E-state index in [2.05, 4.69) is 32.8 Å². The molecule has 0 radical (unpaired) electrons. The van der Waals surface area contributed by atoms with Gasteiger partial charge in [-0.1, -0.05) is 72.2 Å². The summed E-state index contributed by atoms with van der Waals surface area (Å²) < 4.78 is 0. The minimum absolute atomic E-state index is 0.130. The fourth-order valence-corrected chi connectivity index (χ4v) is 5.50. The number of fused-ring (bicyclic) bond motifs is 1. The normalized spacial score (nSPS) is 12.1. The van der Waals surface area contributed by atoms with Crippen molar-refractivity contribution in [3.05, 3.63) is 70.3 Å². The molecule has 1 atom stereocenters. The number of amides is 1. The third kappa shape index (κ3) is 4.47. The Morgan fingerprint density at radius 3 is 2.70 bits per heavy atom. The van der Waals surface area contributed by atoms with Gasteiger partial charge in [0.2, 0.25) is 5.91 Å². The van der Waals surface area contributed by atoms with Gasteiger partial charge in [-0.2, -0.15) is 0 Å². The van der Waals surface area contributed by atoms with E-state index in [1.54, 1.807) is 35.9 Å². The Morgan fingerprint density at radius 1 is 1.17 bits per heavy atom. The Hall–Kier alpha value is -2.12. The molecule has 2 aromatic heterocycles. The molecule has 1 unspecified atom stereocenters. The van der Waals surface area contributed by atoms with Crippen molar-refractivity contribution in [2.45, 2.75) is 23.6 Å². The van der Waals surface area contributed by atoms with Gasteiger partial charge in [-0.05, 0) is 30.2 Å². The first-order chi connectivity index (χ1) is 14.6. The molecule has 4 aromatic rings. The second-order valence-electron chi connectivity index (χ2n) is 6.50. The molecular formula is C22H17Cl2N3OS2. The highest BCUT2D eigenvalue weighted by Crippen LogP contribution is 2.39. The van der Waals surface area contributed by atoms with Crippen LogP contribution in [0.2, 0.25) is 10.0 Å². The molecule has 152 valence electrons. The SMILES string of the molecule is CCC(Sc1ncnc2scc(-c3ccccc3)c12)C(=O)Nc1ccc(Cl)cc1Cl. The molecule has 1 N–H and O–H groups in total. The van der Waals surface area contributed by atoms with Crippen molar-refractivity contribution in [1.29, 1.82) is 0 Å². The Labute approximate surface area is 192 Å². The largest absolute Gasteiger partial charge is 0.324 e. The van der Waals surface area contributed by atoms with Gasteiger partial charge in [0.1, 0.15) is 16.2 Å². The van der Waals surface area contributed by atoms with Crippen molar-refractivity contribution in [2.75, 3.05) is 5.32 Å². The standard InChI is InChI=1S/C22H17Cl2N3OS2/c1-2-18(20(28)27-17-9-8-14(23)10-16(17)24)30-22-19-15(13-6-4-3-5-7-13)11-29-21(19)25-12-26-22/h3-12,18H,2H2,1H3,(H,27,28). The van der Waals surface area contributed by atoms with Crippen molar-refractivity contribution in [1.82, 2.24) is 9.97 Å². The molecule has 30 heavy (non-hydrogen) atoms. The van der Waals surface area contributed by atoms with E-state index in [0.29, 0.717) is 22.2 Å². The van der Waals surface area contributed by atoms with Gasteiger partial charge in [-0.3, -0.25) is 4.79 Å². The maximum absolute atomic E-state index is 13.0. The van der Waals surface area contributed by atoms with E-state index in [-0.39, 0.29) is 11.2 Å². The van der Waals surface area contributed by atoms with Crippen LogP contribution in [0.5, 0.6) is 0 Å². The molecule has 2 heterocycles. The molecule has 0 saturated heterocycles. The fourth-order valence-electron chi connectivity index (χ4n) is 3.03. The smallest absolute Gasteiger partial charge is 0.237 e. The van der Waals surface area contributed by atoms with Gasteiger partial charge in [-0.15, -0.1) is 11.3 Å². The zero-order chi connectivity index (χ0) is 21.1. The van der Waals surface area contributed by atoms with E-state index in [1.165, 1.54) is 11.8 Å². The summed E-state index contributed by atoms with van der Waals surface area (Å²) in [6.07, 6.45) is 2.19. The monoisotopic (exact) mass is 473 g/mol. The molecule has 1 amide bonds. The summed E-state index contributed by atoms with van der Waals surface area (Å²) in [5.74, 6) is -0.130. The molecule has 0 fully saturated rings. The molecule has 4 rings (SSSR count). The zero-order valence-corrected chi connectivity index (χ0v) is 19.1. The summed E-state index contributed by atoms with van der Waals surface area (Å²) >= 11 is 15.2. The highest BCUT2D eigenvalue weighted by atomic mass is 35.5. The van der Waals surface area contributed by atoms with E-state index in [0.717, 1.165) is 26.4 Å². The highest BCUT2D eigenvalue weighted by Gasteiger charge is 2.22. The number of thiophene rings is 1. The van der Waals surface area contributed by atoms with Crippen molar-refractivity contribution >= 4 is 68.1 Å². The van der Waals surface area contributed by atoms with Crippen LogP contribution in [0.1, 0.15) is 13.3 Å². The van der Waals surface area contributed by atoms with Crippen molar-refractivity contribution in [2.24, 2.45) is 0 Å². The molecule has 0 aliphatic carbocycles. The molecule has 0 aliphatic heterocycles. The maximum Gasteiger partial charge on any atom is 0.237 e. The molecule has 4 nitrogen and oxygen atoms in total. The quantitative estimate of drug-likeness (QED) is 0.238. The van der Waals surface area contributed by atoms with E-state index < -0.39 is 0 Å². The van der Waals surface area contributed by atoms with Gasteiger partial charge >= 0.3 is 0 Å². The van der Waals surface area contributed by atoms with E-state index >= 15 is 0 Å². The summed E-state index contributed by atoms with van der Waals surface area (Å²) in [4.78, 5) is 22.8. The minimum Gasteiger partial charge on any atom is -0.324 e. The molecule has 8 heteroatoms. The number of carbonyl (C=O) groups is 1. The number of carbonyl (C=O) groups excluding carboxylic acids is 1. The number of hydrogen-bond donors (Lipinski definition) is 1. The van der Waals surface area contributed by atoms with Crippen LogP contribution in [0.15, 0.2) is 65.3 Å². The van der Waals surface area contributed by atoms with Crippen molar-refractivity contribution < 1.29 is 4.79 Å². The lowest BCUT2D eigenvalue weighted by molar-refractivity contribution is -0.115. The second kappa shape index (κ2) is 9.35. The maximum atomic E-state index is 13.0. The molecule has 2 aromatic carbocycles. The Morgan fingerprint density at radius 2 is 1.97 bits per heavy atom. The Kier molecular flexibility index (Phi) is 6.58. The lowest BCUT2D eigenvalue weighted by Gasteiger charge is -2.16. The molecule has 0 aliphatic rings. The summed E-state index contributed by atoms with van der Waals surface area (Å²) in [6, 6.07) is 15.1. The van der Waals surface area contributed by atoms with Crippen LogP contribution in [0.4, 0.5) is 5.69 Å². The second-order valence-corrected chi connectivity index (χ2v) is 9.40. The number of nitrogens with zero attached hydrogens (tertiary/aromatic N) is 2. The molecule has 0 spiro atoms. The van der Waals surface area contributed by atoms with Gasteiger partial charge in [-0.25, -0.2) is 9.97 Å². The van der Waals surface area contributed by atoms with Gasteiger partial charge in [0.05, 0.1) is 21.3 Å². The van der Waals surface area contributed by atoms with E-state index in [9.17, 15) is 4.79 Å².